The van der Waals surface area contributed by atoms with Gasteiger partial charge in [0, 0.05) is 37.2 Å². The number of aryl methyl sites for hydroxylation is 1. The smallest absolute Gasteiger partial charge is 0.272 e. The van der Waals surface area contributed by atoms with E-state index in [1.807, 2.05) is 19.1 Å². The highest BCUT2D eigenvalue weighted by Gasteiger charge is 2.34. The Bertz CT molecular complexity index is 918. The molecule has 1 N–H and O–H groups in total. The number of rotatable bonds is 6. The highest BCUT2D eigenvalue weighted by Crippen LogP contribution is 2.20. The summed E-state index contributed by atoms with van der Waals surface area (Å²) in [6.07, 6.45) is 3.91. The maximum absolute atomic E-state index is 13.0. The lowest BCUT2D eigenvalue weighted by Gasteiger charge is -2.26. The number of anilines is 1. The van der Waals surface area contributed by atoms with Crippen LogP contribution in [0.2, 0.25) is 0 Å². The summed E-state index contributed by atoms with van der Waals surface area (Å²) in [5.74, 6) is 0.233. The first kappa shape index (κ1) is 19.2. The van der Waals surface area contributed by atoms with Gasteiger partial charge in [0.15, 0.2) is 9.84 Å². The van der Waals surface area contributed by atoms with Crippen molar-refractivity contribution >= 4 is 21.7 Å². The van der Waals surface area contributed by atoms with Crippen molar-refractivity contribution in [3.05, 3.63) is 47.5 Å². The van der Waals surface area contributed by atoms with Gasteiger partial charge in [-0.1, -0.05) is 6.07 Å². The fraction of sp³-hybridized carbons (Fsp3) is 0.444. The molecule has 1 atom stereocenters. The van der Waals surface area contributed by atoms with Crippen molar-refractivity contribution in [1.82, 2.24) is 19.9 Å². The number of hydrogen-bond donors (Lipinski definition) is 1. The first-order valence-corrected chi connectivity index (χ1v) is 10.7. The Kier molecular flexibility index (Phi) is 5.69. The normalized spacial score (nSPS) is 18.2. The fourth-order valence-corrected chi connectivity index (χ4v) is 4.91. The summed E-state index contributed by atoms with van der Waals surface area (Å²) >= 11 is 0. The molecule has 0 bridgehead atoms. The molecule has 1 saturated heterocycles. The van der Waals surface area contributed by atoms with E-state index < -0.39 is 9.84 Å². The first-order chi connectivity index (χ1) is 12.9. The Morgan fingerprint density at radius 1 is 1.37 bits per heavy atom. The highest BCUT2D eigenvalue weighted by molar-refractivity contribution is 7.91. The second-order valence-corrected chi connectivity index (χ2v) is 8.81. The number of sulfone groups is 1. The van der Waals surface area contributed by atoms with Crippen LogP contribution in [-0.2, 0) is 16.4 Å². The molecule has 0 saturated carbocycles. The molecule has 3 rings (SSSR count). The number of aromatic nitrogens is 3. The maximum Gasteiger partial charge on any atom is 0.272 e. The minimum atomic E-state index is -3.07. The third kappa shape index (κ3) is 4.79. The summed E-state index contributed by atoms with van der Waals surface area (Å²) in [6, 6.07) is 5.11. The number of amides is 1. The molecule has 0 aliphatic carbocycles. The highest BCUT2D eigenvalue weighted by atomic mass is 32.2. The quantitative estimate of drug-likeness (QED) is 0.797. The van der Waals surface area contributed by atoms with E-state index in [1.165, 1.54) is 0 Å². The van der Waals surface area contributed by atoms with Crippen LogP contribution in [0, 0.1) is 6.92 Å². The van der Waals surface area contributed by atoms with E-state index in [2.05, 4.69) is 20.3 Å². The molecular formula is C18H23N5O3S. The van der Waals surface area contributed by atoms with E-state index in [1.54, 1.807) is 30.3 Å². The minimum absolute atomic E-state index is 0.0166. The average molecular weight is 389 g/mol. The third-order valence-electron chi connectivity index (χ3n) is 4.50. The largest absolute Gasteiger partial charge is 0.350 e. The number of carbonyl (C=O) groups excluding carboxylic acids is 1. The Labute approximate surface area is 159 Å². The Hall–Kier alpha value is -2.55. The van der Waals surface area contributed by atoms with Gasteiger partial charge in [-0.3, -0.25) is 9.78 Å². The summed E-state index contributed by atoms with van der Waals surface area (Å²) in [6.45, 7) is 4.56. The zero-order valence-corrected chi connectivity index (χ0v) is 16.2. The fourth-order valence-electron chi connectivity index (χ4n) is 3.18. The van der Waals surface area contributed by atoms with E-state index >= 15 is 0 Å². The lowest BCUT2D eigenvalue weighted by atomic mass is 10.2. The van der Waals surface area contributed by atoms with Gasteiger partial charge in [-0.05, 0) is 38.0 Å². The molecule has 0 spiro atoms. The van der Waals surface area contributed by atoms with E-state index in [0.717, 1.165) is 5.56 Å². The van der Waals surface area contributed by atoms with Gasteiger partial charge >= 0.3 is 0 Å². The van der Waals surface area contributed by atoms with Crippen molar-refractivity contribution in [2.45, 2.75) is 32.9 Å². The molecule has 0 radical (unpaired) electrons. The van der Waals surface area contributed by atoms with Crippen LogP contribution in [0.3, 0.4) is 0 Å². The van der Waals surface area contributed by atoms with E-state index in [-0.39, 0.29) is 29.1 Å². The molecule has 8 nitrogen and oxygen atoms in total. The molecular weight excluding hydrogens is 366 g/mol. The van der Waals surface area contributed by atoms with Crippen LogP contribution < -0.4 is 5.32 Å². The summed E-state index contributed by atoms with van der Waals surface area (Å²) in [7, 11) is -3.07. The van der Waals surface area contributed by atoms with Crippen molar-refractivity contribution in [1.29, 1.82) is 0 Å². The third-order valence-corrected chi connectivity index (χ3v) is 6.25. The van der Waals surface area contributed by atoms with Crippen LogP contribution >= 0.6 is 0 Å². The molecule has 2 aromatic heterocycles. The van der Waals surface area contributed by atoms with E-state index in [4.69, 9.17) is 0 Å². The van der Waals surface area contributed by atoms with Crippen LogP contribution in [-0.4, -0.2) is 58.3 Å². The average Bonchev–Trinajstić information content (AvgIpc) is 3.00. The van der Waals surface area contributed by atoms with Gasteiger partial charge in [0.1, 0.15) is 5.69 Å². The SMILES string of the molecule is CCN(C(=O)c1cc(C)nc(NCc2cccnc2)n1)C1CCS(=O)(=O)C1. The first-order valence-electron chi connectivity index (χ1n) is 8.88. The number of hydrogen-bond acceptors (Lipinski definition) is 7. The lowest BCUT2D eigenvalue weighted by molar-refractivity contribution is 0.0702. The second-order valence-electron chi connectivity index (χ2n) is 6.58. The topological polar surface area (TPSA) is 105 Å². The summed E-state index contributed by atoms with van der Waals surface area (Å²) in [4.78, 5) is 27.3. The van der Waals surface area contributed by atoms with Crippen molar-refractivity contribution in [2.75, 3.05) is 23.4 Å². The van der Waals surface area contributed by atoms with Crippen molar-refractivity contribution < 1.29 is 13.2 Å². The Morgan fingerprint density at radius 2 is 2.19 bits per heavy atom. The van der Waals surface area contributed by atoms with E-state index in [9.17, 15) is 13.2 Å². The van der Waals surface area contributed by atoms with Crippen LogP contribution in [0.4, 0.5) is 5.95 Å². The molecule has 1 unspecified atom stereocenters. The van der Waals surface area contributed by atoms with Gasteiger partial charge in [0.2, 0.25) is 5.95 Å². The summed E-state index contributed by atoms with van der Waals surface area (Å²) in [5, 5.41) is 3.11. The lowest BCUT2D eigenvalue weighted by Crippen LogP contribution is -2.41. The van der Waals surface area contributed by atoms with Crippen molar-refractivity contribution in [3.8, 4) is 0 Å². The molecule has 1 amide bonds. The molecule has 1 fully saturated rings. The number of nitrogens with zero attached hydrogens (tertiary/aromatic N) is 4. The van der Waals surface area contributed by atoms with Crippen molar-refractivity contribution in [2.24, 2.45) is 0 Å². The number of pyridine rings is 1. The van der Waals surface area contributed by atoms with Gasteiger partial charge in [0.25, 0.3) is 5.91 Å². The minimum Gasteiger partial charge on any atom is -0.350 e. The Morgan fingerprint density at radius 3 is 2.81 bits per heavy atom. The number of carbonyl (C=O) groups is 1. The second kappa shape index (κ2) is 7.99. The van der Waals surface area contributed by atoms with Crippen LogP contribution in [0.1, 0.15) is 35.1 Å². The molecule has 27 heavy (non-hydrogen) atoms. The predicted molar refractivity (Wildman–Crippen MR) is 102 cm³/mol. The summed E-state index contributed by atoms with van der Waals surface area (Å²) in [5.41, 5.74) is 1.90. The molecule has 3 heterocycles. The number of nitrogens with one attached hydrogen (secondary N) is 1. The molecule has 0 aromatic carbocycles. The van der Waals surface area contributed by atoms with Gasteiger partial charge in [-0.15, -0.1) is 0 Å². The van der Waals surface area contributed by atoms with Gasteiger partial charge in [0.05, 0.1) is 11.5 Å². The maximum atomic E-state index is 13.0. The van der Waals surface area contributed by atoms with Crippen LogP contribution in [0.25, 0.3) is 0 Å². The van der Waals surface area contributed by atoms with E-state index in [0.29, 0.717) is 31.2 Å². The van der Waals surface area contributed by atoms with Crippen molar-refractivity contribution in [3.63, 3.8) is 0 Å². The van der Waals surface area contributed by atoms with Crippen LogP contribution in [0.5, 0.6) is 0 Å². The zero-order valence-electron chi connectivity index (χ0n) is 15.4. The van der Waals surface area contributed by atoms with Gasteiger partial charge in [-0.2, -0.15) is 0 Å². The summed E-state index contributed by atoms with van der Waals surface area (Å²) < 4.78 is 23.5. The molecule has 144 valence electrons. The van der Waals surface area contributed by atoms with Crippen LogP contribution in [0.15, 0.2) is 30.6 Å². The predicted octanol–water partition coefficient (Wildman–Crippen LogP) is 1.44. The Balaban J connectivity index is 1.76. The monoisotopic (exact) mass is 389 g/mol. The molecule has 9 heteroatoms. The standard InChI is InChI=1S/C18H23N5O3S/c1-3-23(15-6-8-27(25,26)12-15)17(24)16-9-13(2)21-18(22-16)20-11-14-5-4-7-19-10-14/h4-5,7,9-10,15H,3,6,8,11-12H2,1-2H3,(H,20,21,22). The molecule has 1 aliphatic rings. The van der Waals surface area contributed by atoms with Gasteiger partial charge in [-0.25, -0.2) is 18.4 Å². The zero-order chi connectivity index (χ0) is 19.4. The molecule has 2 aromatic rings. The molecule has 1 aliphatic heterocycles. The van der Waals surface area contributed by atoms with Gasteiger partial charge < -0.3 is 10.2 Å².